The number of nitrogens with zero attached hydrogens (tertiary/aromatic N) is 2. The highest BCUT2D eigenvalue weighted by atomic mass is 32.2. The summed E-state index contributed by atoms with van der Waals surface area (Å²) in [5.74, 6) is 1.12. The number of thioether (sulfide) groups is 1. The third kappa shape index (κ3) is 3.44. The molecule has 21 heavy (non-hydrogen) atoms. The van der Waals surface area contributed by atoms with Crippen molar-refractivity contribution in [3.63, 3.8) is 0 Å². The third-order valence-electron chi connectivity index (χ3n) is 3.36. The Balaban J connectivity index is 2.25. The van der Waals surface area contributed by atoms with Crippen molar-refractivity contribution in [2.45, 2.75) is 38.1 Å². The Morgan fingerprint density at radius 2 is 2.10 bits per heavy atom. The molecule has 0 aliphatic carbocycles. The Bertz CT molecular complexity index is 678. The summed E-state index contributed by atoms with van der Waals surface area (Å²) < 4.78 is 5.20. The number of aromatic amines is 1. The van der Waals surface area contributed by atoms with Gasteiger partial charge in [0.2, 0.25) is 5.88 Å². The molecular weight excluding hydrogens is 286 g/mol. The third-order valence-corrected chi connectivity index (χ3v) is 4.26. The summed E-state index contributed by atoms with van der Waals surface area (Å²) in [5.41, 5.74) is 3.81. The van der Waals surface area contributed by atoms with Crippen molar-refractivity contribution in [1.29, 1.82) is 0 Å². The summed E-state index contributed by atoms with van der Waals surface area (Å²) in [6, 6.07) is 1.99. The molecule has 0 amide bonds. The minimum atomic E-state index is -0.133. The fourth-order valence-electron chi connectivity index (χ4n) is 2.09. The second-order valence-electron chi connectivity index (χ2n) is 4.69. The Labute approximate surface area is 128 Å². The van der Waals surface area contributed by atoms with Crippen molar-refractivity contribution in [3.05, 3.63) is 45.0 Å². The Hall–Kier alpha value is -1.82. The molecule has 0 aliphatic rings. The lowest BCUT2D eigenvalue weighted by molar-refractivity contribution is 0.386. The van der Waals surface area contributed by atoms with Gasteiger partial charge < -0.3 is 9.72 Å². The van der Waals surface area contributed by atoms with Crippen molar-refractivity contribution >= 4 is 11.8 Å². The first-order chi connectivity index (χ1) is 10.1. The summed E-state index contributed by atoms with van der Waals surface area (Å²) in [6.45, 7) is 5.95. The van der Waals surface area contributed by atoms with Gasteiger partial charge >= 0.3 is 0 Å². The molecule has 0 unspecified atom stereocenters. The highest BCUT2D eigenvalue weighted by molar-refractivity contribution is 7.98. The molecule has 0 saturated heterocycles. The number of aryl methyl sites for hydroxylation is 2. The van der Waals surface area contributed by atoms with E-state index in [2.05, 4.69) is 21.9 Å². The number of nitrogens with one attached hydrogen (secondary N) is 1. The molecule has 0 spiro atoms. The van der Waals surface area contributed by atoms with E-state index in [1.165, 1.54) is 30.0 Å². The topological polar surface area (TPSA) is 67.9 Å². The molecular formula is C15H19N3O2S. The quantitative estimate of drug-likeness (QED) is 0.679. The first-order valence-corrected chi connectivity index (χ1v) is 7.76. The maximum absolute atomic E-state index is 12.0. The monoisotopic (exact) mass is 305 g/mol. The molecule has 0 aliphatic heterocycles. The van der Waals surface area contributed by atoms with Crippen LogP contribution in [0.5, 0.6) is 5.88 Å². The number of H-pyrrole nitrogens is 1. The molecule has 112 valence electrons. The van der Waals surface area contributed by atoms with E-state index in [0.29, 0.717) is 28.8 Å². The number of pyridine rings is 1. The van der Waals surface area contributed by atoms with Gasteiger partial charge in [0.1, 0.15) is 0 Å². The van der Waals surface area contributed by atoms with Crippen molar-refractivity contribution in [1.82, 2.24) is 15.0 Å². The van der Waals surface area contributed by atoms with Gasteiger partial charge in [0.15, 0.2) is 5.16 Å². The zero-order valence-electron chi connectivity index (χ0n) is 12.7. The van der Waals surface area contributed by atoms with Crippen LogP contribution in [0, 0.1) is 13.8 Å². The van der Waals surface area contributed by atoms with Crippen LogP contribution in [-0.4, -0.2) is 22.1 Å². The van der Waals surface area contributed by atoms with Crippen LogP contribution in [-0.2, 0) is 12.2 Å². The van der Waals surface area contributed by atoms with E-state index < -0.39 is 0 Å². The Morgan fingerprint density at radius 3 is 2.71 bits per heavy atom. The van der Waals surface area contributed by atoms with E-state index in [4.69, 9.17) is 4.74 Å². The predicted molar refractivity (Wildman–Crippen MR) is 84.1 cm³/mol. The average molecular weight is 305 g/mol. The van der Waals surface area contributed by atoms with Crippen LogP contribution in [0.4, 0.5) is 0 Å². The second-order valence-corrected chi connectivity index (χ2v) is 5.66. The molecule has 0 radical (unpaired) electrons. The molecule has 2 rings (SSSR count). The van der Waals surface area contributed by atoms with Crippen LogP contribution in [0.2, 0.25) is 0 Å². The van der Waals surface area contributed by atoms with Gasteiger partial charge in [0, 0.05) is 17.6 Å². The van der Waals surface area contributed by atoms with Gasteiger partial charge in [-0.1, -0.05) is 18.7 Å². The largest absolute Gasteiger partial charge is 0.481 e. The lowest BCUT2D eigenvalue weighted by Crippen LogP contribution is -2.16. The number of hydrogen-bond acceptors (Lipinski definition) is 5. The summed E-state index contributed by atoms with van der Waals surface area (Å²) in [5, 5.41) is 0.566. The lowest BCUT2D eigenvalue weighted by atomic mass is 10.1. The maximum atomic E-state index is 12.0. The Kier molecular flexibility index (Phi) is 5.01. The summed E-state index contributed by atoms with van der Waals surface area (Å²) >= 11 is 1.48. The van der Waals surface area contributed by atoms with Gasteiger partial charge in [-0.15, -0.1) is 0 Å². The molecule has 0 fully saturated rings. The number of hydrogen-bond donors (Lipinski definition) is 1. The van der Waals surface area contributed by atoms with E-state index >= 15 is 0 Å². The number of rotatable bonds is 5. The minimum Gasteiger partial charge on any atom is -0.481 e. The van der Waals surface area contributed by atoms with E-state index in [1.54, 1.807) is 6.20 Å². The average Bonchev–Trinajstić information content (AvgIpc) is 2.46. The molecule has 0 bridgehead atoms. The van der Waals surface area contributed by atoms with Crippen molar-refractivity contribution in [3.8, 4) is 5.88 Å². The van der Waals surface area contributed by atoms with Gasteiger partial charge in [0.05, 0.1) is 12.7 Å². The standard InChI is InChI=1S/C15H19N3O2S/c1-5-11-13(19)17-15(18-14(11)20-4)21-8-12-9(2)6-7-16-10(12)3/h6-7H,5,8H2,1-4H3,(H,17,18,19). The smallest absolute Gasteiger partial charge is 0.258 e. The summed E-state index contributed by atoms with van der Waals surface area (Å²) in [7, 11) is 1.53. The summed E-state index contributed by atoms with van der Waals surface area (Å²) in [6.07, 6.45) is 2.40. The predicted octanol–water partition coefficient (Wildman–Crippen LogP) is 2.65. The molecule has 5 nitrogen and oxygen atoms in total. The van der Waals surface area contributed by atoms with Crippen LogP contribution < -0.4 is 10.3 Å². The Morgan fingerprint density at radius 1 is 1.33 bits per heavy atom. The first-order valence-electron chi connectivity index (χ1n) is 6.77. The molecule has 2 aromatic heterocycles. The maximum Gasteiger partial charge on any atom is 0.258 e. The molecule has 2 heterocycles. The SMILES string of the molecule is CCc1c(OC)nc(SCc2c(C)ccnc2C)[nH]c1=O. The second kappa shape index (κ2) is 6.76. The van der Waals surface area contributed by atoms with Crippen LogP contribution in [0.1, 0.15) is 29.3 Å². The van der Waals surface area contributed by atoms with Gasteiger partial charge in [-0.05, 0) is 37.5 Å². The van der Waals surface area contributed by atoms with E-state index in [-0.39, 0.29) is 5.56 Å². The van der Waals surface area contributed by atoms with Crippen LogP contribution >= 0.6 is 11.8 Å². The number of aromatic nitrogens is 3. The van der Waals surface area contributed by atoms with E-state index in [0.717, 1.165) is 5.69 Å². The number of methoxy groups -OCH3 is 1. The van der Waals surface area contributed by atoms with Crippen LogP contribution in [0.25, 0.3) is 0 Å². The first kappa shape index (κ1) is 15.6. The summed E-state index contributed by atoms with van der Waals surface area (Å²) in [4.78, 5) is 23.5. The van der Waals surface area contributed by atoms with Crippen LogP contribution in [0.15, 0.2) is 22.2 Å². The van der Waals surface area contributed by atoms with Gasteiger partial charge in [0.25, 0.3) is 5.56 Å². The molecule has 0 saturated carbocycles. The lowest BCUT2D eigenvalue weighted by Gasteiger charge is -2.09. The van der Waals surface area contributed by atoms with Gasteiger partial charge in [-0.25, -0.2) is 0 Å². The van der Waals surface area contributed by atoms with E-state index in [9.17, 15) is 4.79 Å². The highest BCUT2D eigenvalue weighted by Gasteiger charge is 2.12. The zero-order valence-corrected chi connectivity index (χ0v) is 13.5. The number of ether oxygens (including phenoxy) is 1. The molecule has 6 heteroatoms. The zero-order chi connectivity index (χ0) is 15.4. The normalized spacial score (nSPS) is 10.7. The van der Waals surface area contributed by atoms with Crippen molar-refractivity contribution in [2.24, 2.45) is 0 Å². The molecule has 0 atom stereocenters. The molecule has 2 aromatic rings. The van der Waals surface area contributed by atoms with Crippen molar-refractivity contribution in [2.75, 3.05) is 7.11 Å². The fraction of sp³-hybridized carbons (Fsp3) is 0.400. The fourth-order valence-corrected chi connectivity index (χ4v) is 3.12. The van der Waals surface area contributed by atoms with E-state index in [1.807, 2.05) is 19.9 Å². The minimum absolute atomic E-state index is 0.133. The van der Waals surface area contributed by atoms with Crippen molar-refractivity contribution < 1.29 is 4.74 Å². The van der Waals surface area contributed by atoms with Gasteiger partial charge in [-0.3, -0.25) is 9.78 Å². The van der Waals surface area contributed by atoms with Gasteiger partial charge in [-0.2, -0.15) is 4.98 Å². The van der Waals surface area contributed by atoms with Crippen LogP contribution in [0.3, 0.4) is 0 Å². The highest BCUT2D eigenvalue weighted by Crippen LogP contribution is 2.24. The molecule has 1 N–H and O–H groups in total. The molecule has 0 aromatic carbocycles.